The maximum atomic E-state index is 11.2. The molecule has 2 aromatic heterocycles. The summed E-state index contributed by atoms with van der Waals surface area (Å²) in [5, 5.41) is 3.16. The molecule has 2 N–H and O–H groups in total. The van der Waals surface area contributed by atoms with Crippen LogP contribution in [0.4, 0.5) is 5.95 Å². The van der Waals surface area contributed by atoms with Gasteiger partial charge in [0.15, 0.2) is 17.1 Å². The lowest BCUT2D eigenvalue weighted by molar-refractivity contribution is 1.12. The zero-order valence-electron chi connectivity index (χ0n) is 6.22. The normalized spacial score (nSPS) is 9.85. The lowest BCUT2D eigenvalue weighted by Crippen LogP contribution is -2.06. The molecule has 0 saturated carbocycles. The van der Waals surface area contributed by atoms with Crippen molar-refractivity contribution in [3.05, 3.63) is 27.1 Å². The van der Waals surface area contributed by atoms with Crippen LogP contribution in [0.5, 0.6) is 0 Å². The summed E-state index contributed by atoms with van der Waals surface area (Å²) in [5.74, 6) is -0.0906. The van der Waals surface area contributed by atoms with Gasteiger partial charge in [-0.25, -0.2) is 9.97 Å². The zero-order chi connectivity index (χ0) is 9.26. The quantitative estimate of drug-likeness (QED) is 0.376. The van der Waals surface area contributed by atoms with E-state index in [1.807, 2.05) is 0 Å². The van der Waals surface area contributed by atoms with Crippen LogP contribution in [0.15, 0.2) is 16.2 Å². The van der Waals surface area contributed by atoms with Crippen LogP contribution in [-0.4, -0.2) is 19.9 Å². The molecule has 64 valence electrons. The fourth-order valence-electron chi connectivity index (χ4n) is 0.921. The molecule has 8 heteroatoms. The van der Waals surface area contributed by atoms with E-state index in [1.54, 1.807) is 0 Å². The van der Waals surface area contributed by atoms with Gasteiger partial charge in [0.2, 0.25) is 0 Å². The Morgan fingerprint density at radius 2 is 2.46 bits per heavy atom. The van der Waals surface area contributed by atoms with Crippen LogP contribution in [-0.2, 0) is 0 Å². The highest BCUT2D eigenvalue weighted by Crippen LogP contribution is 2.05. The third kappa shape index (κ3) is 1.10. The van der Waals surface area contributed by atoms with Gasteiger partial charge in [-0.05, 0) is 10.6 Å². The first kappa shape index (κ1) is 7.32. The molecule has 2 rings (SSSR count). The lowest BCUT2D eigenvalue weighted by atomic mass is 10.5. The van der Waals surface area contributed by atoms with E-state index in [4.69, 9.17) is 5.53 Å². The van der Waals surface area contributed by atoms with Gasteiger partial charge in [-0.2, -0.15) is 0 Å². The van der Waals surface area contributed by atoms with Gasteiger partial charge in [-0.3, -0.25) is 4.79 Å². The number of aromatic amines is 2. The molecule has 0 aliphatic heterocycles. The van der Waals surface area contributed by atoms with Crippen LogP contribution < -0.4 is 5.56 Å². The number of azide groups is 1. The number of fused-ring (bicyclic) bond motifs is 1. The third-order valence-electron chi connectivity index (χ3n) is 1.42. The first-order valence-corrected chi connectivity index (χ1v) is 3.30. The van der Waals surface area contributed by atoms with Crippen LogP contribution >= 0.6 is 0 Å². The van der Waals surface area contributed by atoms with Crippen molar-refractivity contribution in [2.75, 3.05) is 0 Å². The van der Waals surface area contributed by atoms with E-state index >= 15 is 0 Å². The van der Waals surface area contributed by atoms with E-state index in [0.29, 0.717) is 0 Å². The van der Waals surface area contributed by atoms with Gasteiger partial charge in [-0.15, -0.1) is 0 Å². The van der Waals surface area contributed by atoms with E-state index in [2.05, 4.69) is 30.0 Å². The second-order valence-corrected chi connectivity index (χ2v) is 2.18. The monoisotopic (exact) mass is 177 g/mol. The molecular weight excluding hydrogens is 174 g/mol. The summed E-state index contributed by atoms with van der Waals surface area (Å²) in [7, 11) is 0. The first-order chi connectivity index (χ1) is 6.31. The number of aromatic nitrogens is 4. The fraction of sp³-hybridized carbons (Fsp3) is 0. The van der Waals surface area contributed by atoms with Crippen molar-refractivity contribution >= 4 is 17.1 Å². The van der Waals surface area contributed by atoms with Crippen molar-refractivity contribution < 1.29 is 0 Å². The molecule has 0 spiro atoms. The standard InChI is InChI=1S/C5H3N7O/c6-12-11-5-9-3-2(4(13)10-5)7-1-8-3/h1H,(H2,7,8,9,10,13). The molecule has 0 saturated heterocycles. The van der Waals surface area contributed by atoms with Crippen LogP contribution in [0.3, 0.4) is 0 Å². The van der Waals surface area contributed by atoms with Crippen molar-refractivity contribution in [1.82, 2.24) is 19.9 Å². The average Bonchev–Trinajstić information content (AvgIpc) is 2.53. The van der Waals surface area contributed by atoms with Crippen molar-refractivity contribution in [1.29, 1.82) is 0 Å². The summed E-state index contributed by atoms with van der Waals surface area (Å²) in [6, 6.07) is 0. The number of H-pyrrole nitrogens is 2. The van der Waals surface area contributed by atoms with E-state index in [1.165, 1.54) is 6.33 Å². The topological polar surface area (TPSA) is 123 Å². The molecule has 8 nitrogen and oxygen atoms in total. The van der Waals surface area contributed by atoms with Crippen molar-refractivity contribution in [3.8, 4) is 0 Å². The van der Waals surface area contributed by atoms with Gasteiger partial charge in [-0.1, -0.05) is 0 Å². The predicted molar refractivity (Wildman–Crippen MR) is 43.3 cm³/mol. The summed E-state index contributed by atoms with van der Waals surface area (Å²) < 4.78 is 0. The number of imidazole rings is 1. The highest BCUT2D eigenvalue weighted by molar-refractivity contribution is 5.69. The van der Waals surface area contributed by atoms with Gasteiger partial charge in [0.25, 0.3) is 5.56 Å². The predicted octanol–water partition coefficient (Wildman–Crippen LogP) is 0.588. The minimum absolute atomic E-state index is 0.0906. The number of hydrogen-bond acceptors (Lipinski definition) is 4. The third-order valence-corrected chi connectivity index (χ3v) is 1.42. The van der Waals surface area contributed by atoms with E-state index in [9.17, 15) is 4.79 Å². The Labute approximate surface area is 70.3 Å². The van der Waals surface area contributed by atoms with Gasteiger partial charge in [0.1, 0.15) is 0 Å². The van der Waals surface area contributed by atoms with E-state index in [-0.39, 0.29) is 17.1 Å². The van der Waals surface area contributed by atoms with Crippen LogP contribution in [0.2, 0.25) is 0 Å². The Kier molecular flexibility index (Phi) is 1.47. The molecule has 0 amide bonds. The number of nitrogens with zero attached hydrogens (tertiary/aromatic N) is 5. The maximum absolute atomic E-state index is 11.2. The van der Waals surface area contributed by atoms with Crippen LogP contribution in [0.1, 0.15) is 0 Å². The number of rotatable bonds is 1. The Balaban J connectivity index is 2.84. The molecule has 0 aliphatic rings. The van der Waals surface area contributed by atoms with Gasteiger partial charge in [0, 0.05) is 4.91 Å². The van der Waals surface area contributed by atoms with Gasteiger partial charge >= 0.3 is 0 Å². The smallest absolute Gasteiger partial charge is 0.277 e. The zero-order valence-corrected chi connectivity index (χ0v) is 6.22. The van der Waals surface area contributed by atoms with Crippen LogP contribution in [0.25, 0.3) is 21.6 Å². The molecule has 0 unspecified atom stereocenters. The lowest BCUT2D eigenvalue weighted by Gasteiger charge is -1.89. The number of nitrogens with one attached hydrogen (secondary N) is 2. The van der Waals surface area contributed by atoms with E-state index < -0.39 is 5.56 Å². The summed E-state index contributed by atoms with van der Waals surface area (Å²) in [5.41, 5.74) is 8.18. The summed E-state index contributed by atoms with van der Waals surface area (Å²) >= 11 is 0. The van der Waals surface area contributed by atoms with Crippen molar-refractivity contribution in [2.24, 2.45) is 5.11 Å². The van der Waals surface area contributed by atoms with Crippen molar-refractivity contribution in [3.63, 3.8) is 0 Å². The Morgan fingerprint density at radius 3 is 3.23 bits per heavy atom. The molecule has 0 radical (unpaired) electrons. The molecule has 2 aromatic rings. The Morgan fingerprint density at radius 1 is 1.62 bits per heavy atom. The van der Waals surface area contributed by atoms with E-state index in [0.717, 1.165) is 0 Å². The molecule has 0 fully saturated rings. The van der Waals surface area contributed by atoms with Gasteiger partial charge < -0.3 is 9.97 Å². The first-order valence-electron chi connectivity index (χ1n) is 3.30. The SMILES string of the molecule is [N-]=[N+]=Nc1nc2nc[nH]c2c(=O)[nH]1. The summed E-state index contributed by atoms with van der Waals surface area (Å²) in [6.07, 6.45) is 1.34. The number of hydrogen-bond donors (Lipinski definition) is 2. The molecule has 0 bridgehead atoms. The molecule has 0 atom stereocenters. The Hall–Kier alpha value is -2.34. The molecule has 2 heterocycles. The highest BCUT2D eigenvalue weighted by atomic mass is 16.1. The van der Waals surface area contributed by atoms with Crippen LogP contribution in [0, 0.1) is 0 Å². The minimum Gasteiger partial charge on any atom is -0.339 e. The van der Waals surface area contributed by atoms with Crippen molar-refractivity contribution in [2.45, 2.75) is 0 Å². The summed E-state index contributed by atoms with van der Waals surface area (Å²) in [6.45, 7) is 0. The maximum Gasteiger partial charge on any atom is 0.277 e. The Bertz CT molecular complexity index is 545. The average molecular weight is 177 g/mol. The highest BCUT2D eigenvalue weighted by Gasteiger charge is 2.03. The second kappa shape index (κ2) is 2.61. The van der Waals surface area contributed by atoms with Gasteiger partial charge in [0.05, 0.1) is 6.33 Å². The minimum atomic E-state index is -0.412. The molecule has 0 aromatic carbocycles. The second-order valence-electron chi connectivity index (χ2n) is 2.18. The molecule has 13 heavy (non-hydrogen) atoms. The molecule has 0 aliphatic carbocycles. The summed E-state index contributed by atoms with van der Waals surface area (Å²) in [4.78, 5) is 26.1. The molecular formula is C5H3N7O. The fourth-order valence-corrected chi connectivity index (χ4v) is 0.921. The largest absolute Gasteiger partial charge is 0.339 e.